The molecule has 5 heteroatoms. The predicted molar refractivity (Wildman–Crippen MR) is 125 cm³/mol. The smallest absolute Gasteiger partial charge is 0.178 e. The number of furan rings is 1. The lowest BCUT2D eigenvalue weighted by Crippen LogP contribution is -2.22. The van der Waals surface area contributed by atoms with Gasteiger partial charge in [0, 0.05) is 11.8 Å². The third-order valence-electron chi connectivity index (χ3n) is 6.51. The average Bonchev–Trinajstić information content (AvgIpc) is 3.50. The van der Waals surface area contributed by atoms with E-state index in [4.69, 9.17) is 4.42 Å². The molecule has 0 unspecified atom stereocenters. The Morgan fingerprint density at radius 1 is 0.938 bits per heavy atom. The van der Waals surface area contributed by atoms with Crippen molar-refractivity contribution in [3.63, 3.8) is 0 Å². The average molecular weight is 445 g/mol. The molecule has 1 aliphatic rings. The van der Waals surface area contributed by atoms with Crippen molar-refractivity contribution < 1.29 is 17.6 Å². The molecule has 3 aromatic carbocycles. The number of benzene rings is 3. The van der Waals surface area contributed by atoms with Crippen molar-refractivity contribution in [1.29, 1.82) is 0 Å². The van der Waals surface area contributed by atoms with Crippen molar-refractivity contribution in [1.82, 2.24) is 0 Å². The Hall–Kier alpha value is -3.18. The molecule has 32 heavy (non-hydrogen) atoms. The Morgan fingerprint density at radius 3 is 2.44 bits per heavy atom. The van der Waals surface area contributed by atoms with Gasteiger partial charge in [-0.15, -0.1) is 0 Å². The van der Waals surface area contributed by atoms with Gasteiger partial charge in [0.05, 0.1) is 22.3 Å². The molecular weight excluding hydrogens is 420 g/mol. The van der Waals surface area contributed by atoms with Crippen LogP contribution in [0.25, 0.3) is 22.1 Å². The van der Waals surface area contributed by atoms with Gasteiger partial charge in [-0.1, -0.05) is 55.5 Å². The molecule has 4 aromatic rings. The van der Waals surface area contributed by atoms with E-state index >= 15 is 0 Å². The molecule has 1 fully saturated rings. The van der Waals surface area contributed by atoms with Crippen molar-refractivity contribution in [2.45, 2.75) is 36.5 Å². The van der Waals surface area contributed by atoms with E-state index in [1.165, 1.54) is 0 Å². The maximum atomic E-state index is 13.3. The summed E-state index contributed by atoms with van der Waals surface area (Å²) < 4.78 is 29.6. The summed E-state index contributed by atoms with van der Waals surface area (Å²) in [7, 11) is -3.22. The molecule has 0 N–H and O–H groups in total. The fraction of sp³-hybridized carbons (Fsp3) is 0.222. The van der Waals surface area contributed by atoms with Crippen molar-refractivity contribution in [3.8, 4) is 11.1 Å². The summed E-state index contributed by atoms with van der Waals surface area (Å²) in [5, 5.41) is 1.04. The molecule has 0 amide bonds. The van der Waals surface area contributed by atoms with Crippen LogP contribution in [0.15, 0.2) is 88.4 Å². The third kappa shape index (κ3) is 3.67. The molecule has 1 heterocycles. The van der Waals surface area contributed by atoms with Crippen LogP contribution in [-0.2, 0) is 26.5 Å². The van der Waals surface area contributed by atoms with Crippen molar-refractivity contribution in [2.24, 2.45) is 0 Å². The molecule has 0 spiro atoms. The first-order valence-electron chi connectivity index (χ1n) is 10.8. The standard InChI is InChI=1S/C27H24O4S/c1-2-32(29,30)24-10-7-20(8-11-24)22-5-3-4-19(16-22)17-26(28)27(13-14-27)23-9-6-21-12-15-31-25(21)18-23/h3-12,15-16,18H,2,13-14,17H2,1H3. The van der Waals surface area contributed by atoms with Crippen LogP contribution in [-0.4, -0.2) is 20.0 Å². The SMILES string of the molecule is CCS(=O)(=O)c1ccc(-c2cccc(CC(=O)C3(c4ccc5ccoc5c4)CC3)c2)cc1. The van der Waals surface area contributed by atoms with Crippen molar-refractivity contribution in [2.75, 3.05) is 5.75 Å². The minimum absolute atomic E-state index is 0.0819. The molecule has 0 radical (unpaired) electrons. The Morgan fingerprint density at radius 2 is 1.72 bits per heavy atom. The maximum absolute atomic E-state index is 13.3. The first kappa shape index (κ1) is 20.7. The second-order valence-corrected chi connectivity index (χ2v) is 10.8. The third-order valence-corrected chi connectivity index (χ3v) is 8.26. The molecule has 0 saturated heterocycles. The van der Waals surface area contributed by atoms with E-state index in [9.17, 15) is 13.2 Å². The topological polar surface area (TPSA) is 64.3 Å². The van der Waals surface area contributed by atoms with E-state index in [1.54, 1.807) is 25.3 Å². The Kier molecular flexibility index (Phi) is 5.01. The summed E-state index contributed by atoms with van der Waals surface area (Å²) >= 11 is 0. The van der Waals surface area contributed by atoms with Gasteiger partial charge >= 0.3 is 0 Å². The van der Waals surface area contributed by atoms with Crippen LogP contribution in [0.5, 0.6) is 0 Å². The fourth-order valence-electron chi connectivity index (χ4n) is 4.34. The first-order valence-corrected chi connectivity index (χ1v) is 12.5. The Labute approximate surface area is 187 Å². The monoisotopic (exact) mass is 444 g/mol. The van der Waals surface area contributed by atoms with Crippen LogP contribution in [0, 0.1) is 0 Å². The number of Topliss-reactive ketones (excluding diaryl/α,β-unsaturated/α-hetero) is 1. The summed E-state index contributed by atoms with van der Waals surface area (Å²) in [6.45, 7) is 1.64. The lowest BCUT2D eigenvalue weighted by atomic mass is 9.87. The van der Waals surface area contributed by atoms with Crippen LogP contribution in [0.1, 0.15) is 30.9 Å². The molecule has 162 valence electrons. The number of hydrogen-bond donors (Lipinski definition) is 0. The Bertz CT molecular complexity index is 1410. The van der Waals surface area contributed by atoms with E-state index in [2.05, 4.69) is 0 Å². The summed E-state index contributed by atoms with van der Waals surface area (Å²) in [6, 6.07) is 22.9. The predicted octanol–water partition coefficient (Wildman–Crippen LogP) is 5.74. The van der Waals surface area contributed by atoms with Crippen LogP contribution in [0.3, 0.4) is 0 Å². The zero-order valence-corrected chi connectivity index (χ0v) is 18.7. The fourth-order valence-corrected chi connectivity index (χ4v) is 5.23. The molecule has 4 nitrogen and oxygen atoms in total. The number of ketones is 1. The van der Waals surface area contributed by atoms with Gasteiger partial charge < -0.3 is 4.42 Å². The molecule has 0 bridgehead atoms. The minimum Gasteiger partial charge on any atom is -0.464 e. The normalized spacial score (nSPS) is 15.0. The lowest BCUT2D eigenvalue weighted by Gasteiger charge is -2.15. The van der Waals surface area contributed by atoms with Gasteiger partial charge in [-0.3, -0.25) is 4.79 Å². The second kappa shape index (κ2) is 7.75. The van der Waals surface area contributed by atoms with Gasteiger partial charge in [-0.25, -0.2) is 8.42 Å². The van der Waals surface area contributed by atoms with Crippen molar-refractivity contribution in [3.05, 3.63) is 90.2 Å². The van der Waals surface area contributed by atoms with Crippen molar-refractivity contribution >= 4 is 26.6 Å². The van der Waals surface area contributed by atoms with Gasteiger partial charge in [0.15, 0.2) is 9.84 Å². The van der Waals surface area contributed by atoms with Crippen LogP contribution < -0.4 is 0 Å². The van der Waals surface area contributed by atoms with Gasteiger partial charge in [-0.05, 0) is 59.4 Å². The molecular formula is C27H24O4S. The number of rotatable bonds is 7. The lowest BCUT2D eigenvalue weighted by molar-refractivity contribution is -0.120. The van der Waals surface area contributed by atoms with Crippen LogP contribution in [0.2, 0.25) is 0 Å². The number of carbonyl (C=O) groups is 1. The van der Waals surface area contributed by atoms with Gasteiger partial charge in [0.1, 0.15) is 11.4 Å². The molecule has 1 aliphatic carbocycles. The van der Waals surface area contributed by atoms with Gasteiger partial charge in [0.2, 0.25) is 0 Å². The number of sulfone groups is 1. The van der Waals surface area contributed by atoms with E-state index in [0.717, 1.165) is 46.1 Å². The number of hydrogen-bond acceptors (Lipinski definition) is 4. The summed E-state index contributed by atoms with van der Waals surface area (Å²) in [6.07, 6.45) is 3.77. The second-order valence-electron chi connectivity index (χ2n) is 8.48. The zero-order valence-electron chi connectivity index (χ0n) is 17.9. The maximum Gasteiger partial charge on any atom is 0.178 e. The van der Waals surface area contributed by atoms with E-state index < -0.39 is 15.3 Å². The molecule has 1 saturated carbocycles. The Balaban J connectivity index is 1.37. The summed E-state index contributed by atoms with van der Waals surface area (Å²) in [4.78, 5) is 13.6. The summed E-state index contributed by atoms with van der Waals surface area (Å²) in [5.41, 5.74) is 4.30. The highest BCUT2D eigenvalue weighted by Crippen LogP contribution is 2.50. The highest BCUT2D eigenvalue weighted by molar-refractivity contribution is 7.91. The highest BCUT2D eigenvalue weighted by atomic mass is 32.2. The minimum atomic E-state index is -3.22. The molecule has 5 rings (SSSR count). The van der Waals surface area contributed by atoms with Crippen LogP contribution >= 0.6 is 0 Å². The van der Waals surface area contributed by atoms with E-state index in [-0.39, 0.29) is 11.5 Å². The summed E-state index contributed by atoms with van der Waals surface area (Å²) in [5.74, 6) is 0.309. The van der Waals surface area contributed by atoms with Crippen LogP contribution in [0.4, 0.5) is 0 Å². The molecule has 0 aliphatic heterocycles. The first-order chi connectivity index (χ1) is 15.4. The number of fused-ring (bicyclic) bond motifs is 1. The van der Waals surface area contributed by atoms with E-state index in [1.807, 2.05) is 60.7 Å². The highest BCUT2D eigenvalue weighted by Gasteiger charge is 2.50. The van der Waals surface area contributed by atoms with Gasteiger partial charge in [0.25, 0.3) is 0 Å². The largest absolute Gasteiger partial charge is 0.464 e. The zero-order chi connectivity index (χ0) is 22.3. The van der Waals surface area contributed by atoms with Gasteiger partial charge in [-0.2, -0.15) is 0 Å². The quantitative estimate of drug-likeness (QED) is 0.365. The molecule has 0 atom stereocenters. The van der Waals surface area contributed by atoms with E-state index in [0.29, 0.717) is 11.3 Å². The number of carbonyl (C=O) groups excluding carboxylic acids is 1. The molecule has 1 aromatic heterocycles.